The molecule has 0 aliphatic heterocycles. The van der Waals surface area contributed by atoms with Gasteiger partial charge in [-0.2, -0.15) is 0 Å². The maximum absolute atomic E-state index is 6.75. The lowest BCUT2D eigenvalue weighted by Crippen LogP contribution is -2.23. The van der Waals surface area contributed by atoms with E-state index in [4.69, 9.17) is 11.1 Å². The molecule has 5 heteroatoms. The summed E-state index contributed by atoms with van der Waals surface area (Å²) in [5.74, 6) is 0. The van der Waals surface area contributed by atoms with Gasteiger partial charge in [-0.3, -0.25) is 4.91 Å². The van der Waals surface area contributed by atoms with E-state index in [9.17, 15) is 0 Å². The molecule has 0 amide bonds. The average molecular weight is 181 g/mol. The van der Waals surface area contributed by atoms with Crippen molar-refractivity contribution >= 4 is 0 Å². The molecule has 72 valence electrons. The van der Waals surface area contributed by atoms with Gasteiger partial charge in [-0.05, 0) is 6.42 Å². The monoisotopic (exact) mass is 181 g/mol. The van der Waals surface area contributed by atoms with Crippen molar-refractivity contribution < 1.29 is 4.57 Å². The van der Waals surface area contributed by atoms with Crippen LogP contribution in [0.5, 0.6) is 0 Å². The number of hydrogen-bond acceptors (Lipinski definition) is 0. The second-order valence-electron chi connectivity index (χ2n) is 2.76. The molecule has 0 unspecified atom stereocenters. The van der Waals surface area contributed by atoms with Crippen LogP contribution in [0.4, 0.5) is 0 Å². The molecular formula is C8H15N5. The lowest BCUT2D eigenvalue weighted by Gasteiger charge is -1.90. The van der Waals surface area contributed by atoms with E-state index in [0.717, 1.165) is 6.54 Å². The summed E-state index contributed by atoms with van der Waals surface area (Å²) in [6, 6.07) is 0. The van der Waals surface area contributed by atoms with Gasteiger partial charge in [-0.15, -0.1) is 0 Å². The molecule has 0 aliphatic rings. The minimum absolute atomic E-state index is 1.15. The lowest BCUT2D eigenvalue weighted by atomic mass is 10.3. The molecule has 0 saturated carbocycles. The van der Waals surface area contributed by atoms with Crippen LogP contribution < -0.4 is 4.57 Å². The minimum atomic E-state index is 1.15. The molecule has 0 N–H and O–H groups in total. The van der Waals surface area contributed by atoms with Gasteiger partial charge in [0.25, 0.3) is 0 Å². The van der Waals surface area contributed by atoms with Crippen LogP contribution in [0, 0.1) is 0 Å². The Morgan fingerprint density at radius 3 is 2.46 bits per heavy atom. The molecule has 1 rings (SSSR count). The SMILES string of the molecule is CCCCn1cc[n+](C)c1.[N-]=[N+]=[N-]. The normalized spacial score (nSPS) is 8.46. The van der Waals surface area contributed by atoms with Crippen molar-refractivity contribution in [3.05, 3.63) is 34.7 Å². The number of nitrogens with zero attached hydrogens (tertiary/aromatic N) is 5. The number of aromatic nitrogens is 2. The first-order valence-corrected chi connectivity index (χ1v) is 4.24. The second-order valence-corrected chi connectivity index (χ2v) is 2.76. The topological polar surface area (TPSA) is 67.5 Å². The van der Waals surface area contributed by atoms with Crippen LogP contribution in [-0.4, -0.2) is 4.57 Å². The van der Waals surface area contributed by atoms with Crippen molar-refractivity contribution in [2.75, 3.05) is 0 Å². The smallest absolute Gasteiger partial charge is 0.243 e. The van der Waals surface area contributed by atoms with Gasteiger partial charge >= 0.3 is 0 Å². The Kier molecular flexibility index (Phi) is 6.37. The molecule has 0 radical (unpaired) electrons. The Bertz CT molecular complexity index is 259. The Balaban J connectivity index is 0.000000424. The fourth-order valence-electron chi connectivity index (χ4n) is 0.975. The van der Waals surface area contributed by atoms with Crippen molar-refractivity contribution in [2.24, 2.45) is 7.05 Å². The van der Waals surface area contributed by atoms with Crippen LogP contribution >= 0.6 is 0 Å². The summed E-state index contributed by atoms with van der Waals surface area (Å²) in [7, 11) is 2.04. The summed E-state index contributed by atoms with van der Waals surface area (Å²) in [6.45, 7) is 3.36. The van der Waals surface area contributed by atoms with Gasteiger partial charge in [0.1, 0.15) is 12.4 Å². The van der Waals surface area contributed by atoms with Crippen LogP contribution in [0.3, 0.4) is 0 Å². The molecule has 1 aromatic rings. The first kappa shape index (κ1) is 11.5. The fraction of sp³-hybridized carbons (Fsp3) is 0.625. The predicted octanol–water partition coefficient (Wildman–Crippen LogP) is 1.98. The fourth-order valence-corrected chi connectivity index (χ4v) is 0.975. The predicted molar refractivity (Wildman–Crippen MR) is 50.6 cm³/mol. The molecule has 5 nitrogen and oxygen atoms in total. The Hall–Kier alpha value is -1.48. The molecule has 0 aliphatic carbocycles. The minimum Gasteiger partial charge on any atom is -0.373 e. The Morgan fingerprint density at radius 1 is 1.46 bits per heavy atom. The zero-order chi connectivity index (χ0) is 10.1. The van der Waals surface area contributed by atoms with Gasteiger partial charge in [0, 0.05) is 0 Å². The van der Waals surface area contributed by atoms with Gasteiger partial charge in [0.2, 0.25) is 6.33 Å². The second kappa shape index (κ2) is 7.18. The van der Waals surface area contributed by atoms with E-state index in [0.29, 0.717) is 0 Å². The molecule has 0 atom stereocenters. The molecule has 0 aromatic carbocycles. The highest BCUT2D eigenvalue weighted by Gasteiger charge is 1.96. The molecule has 1 heterocycles. The summed E-state index contributed by atoms with van der Waals surface area (Å²) in [4.78, 5) is 1.50. The van der Waals surface area contributed by atoms with Gasteiger partial charge in [-0.25, -0.2) is 9.13 Å². The van der Waals surface area contributed by atoms with E-state index in [1.165, 1.54) is 17.8 Å². The van der Waals surface area contributed by atoms with Crippen LogP contribution in [-0.2, 0) is 13.6 Å². The highest BCUT2D eigenvalue weighted by Crippen LogP contribution is 1.91. The average Bonchev–Trinajstić information content (AvgIpc) is 2.49. The van der Waals surface area contributed by atoms with Gasteiger partial charge in [0.15, 0.2) is 0 Å². The summed E-state index contributed by atoms with van der Waals surface area (Å²) in [6.07, 6.45) is 8.82. The highest BCUT2D eigenvalue weighted by molar-refractivity contribution is 4.65. The molecule has 1 aromatic heterocycles. The standard InChI is InChI=1S/C8H15N2.N3/c1-3-4-5-10-7-6-9(2)8-10;1-3-2/h6-8H,3-5H2,1-2H3;/q+1;-1. The van der Waals surface area contributed by atoms with Crippen molar-refractivity contribution in [3.8, 4) is 0 Å². The number of hydrogen-bond donors (Lipinski definition) is 0. The van der Waals surface area contributed by atoms with Gasteiger partial charge in [0.05, 0.1) is 13.6 Å². The summed E-state index contributed by atoms with van der Waals surface area (Å²) in [5.41, 5.74) is 13.5. The third-order valence-corrected chi connectivity index (χ3v) is 1.59. The first-order chi connectivity index (χ1) is 6.24. The highest BCUT2D eigenvalue weighted by atomic mass is 15.1. The zero-order valence-corrected chi connectivity index (χ0v) is 8.09. The van der Waals surface area contributed by atoms with E-state index < -0.39 is 0 Å². The third-order valence-electron chi connectivity index (χ3n) is 1.59. The maximum Gasteiger partial charge on any atom is 0.243 e. The molecule has 0 saturated heterocycles. The summed E-state index contributed by atoms with van der Waals surface area (Å²) >= 11 is 0. The van der Waals surface area contributed by atoms with Crippen molar-refractivity contribution in [1.82, 2.24) is 4.57 Å². The van der Waals surface area contributed by atoms with E-state index in [1.807, 2.05) is 7.05 Å². The van der Waals surface area contributed by atoms with Crippen LogP contribution in [0.25, 0.3) is 16.0 Å². The van der Waals surface area contributed by atoms with Gasteiger partial charge < -0.3 is 11.1 Å². The van der Waals surface area contributed by atoms with Crippen molar-refractivity contribution in [3.63, 3.8) is 0 Å². The van der Waals surface area contributed by atoms with Crippen LogP contribution in [0.1, 0.15) is 19.8 Å². The first-order valence-electron chi connectivity index (χ1n) is 4.24. The van der Waals surface area contributed by atoms with Crippen LogP contribution in [0.2, 0.25) is 0 Å². The Morgan fingerprint density at radius 2 is 2.08 bits per heavy atom. The molecule has 0 bridgehead atoms. The van der Waals surface area contributed by atoms with Crippen molar-refractivity contribution in [1.29, 1.82) is 0 Å². The molecule has 13 heavy (non-hydrogen) atoms. The molecular weight excluding hydrogens is 166 g/mol. The summed E-state index contributed by atoms with van der Waals surface area (Å²) < 4.78 is 4.28. The third kappa shape index (κ3) is 5.75. The Labute approximate surface area is 78.0 Å². The van der Waals surface area contributed by atoms with E-state index in [1.54, 1.807) is 0 Å². The largest absolute Gasteiger partial charge is 0.373 e. The number of aryl methyl sites for hydroxylation is 2. The quantitative estimate of drug-likeness (QED) is 0.296. The number of rotatable bonds is 3. The number of imidazole rings is 1. The molecule has 0 fully saturated rings. The maximum atomic E-state index is 6.75. The van der Waals surface area contributed by atoms with E-state index >= 15 is 0 Å². The lowest BCUT2D eigenvalue weighted by molar-refractivity contribution is -0.671. The summed E-state index contributed by atoms with van der Waals surface area (Å²) in [5, 5.41) is 0. The number of unbranched alkanes of at least 4 members (excludes halogenated alkanes) is 1. The van der Waals surface area contributed by atoms with Crippen molar-refractivity contribution in [2.45, 2.75) is 26.3 Å². The van der Waals surface area contributed by atoms with Crippen LogP contribution in [0.15, 0.2) is 18.7 Å². The van der Waals surface area contributed by atoms with Gasteiger partial charge in [-0.1, -0.05) is 13.3 Å². The van der Waals surface area contributed by atoms with E-state index in [2.05, 4.69) is 34.8 Å². The zero-order valence-electron chi connectivity index (χ0n) is 8.09. The van der Waals surface area contributed by atoms with E-state index in [-0.39, 0.29) is 0 Å². The molecule has 0 spiro atoms.